The van der Waals surface area contributed by atoms with Crippen LogP contribution in [0.1, 0.15) is 17.7 Å². The van der Waals surface area contributed by atoms with Gasteiger partial charge in [0.2, 0.25) is 10.0 Å². The predicted molar refractivity (Wildman–Crippen MR) is 103 cm³/mol. The minimum absolute atomic E-state index is 0.0850. The number of nitrogens with zero attached hydrogens (tertiary/aromatic N) is 1. The van der Waals surface area contributed by atoms with E-state index in [0.29, 0.717) is 30.7 Å². The fraction of sp³-hybridized carbons (Fsp3) is 0.316. The fourth-order valence-corrected chi connectivity index (χ4v) is 5.49. The molecule has 0 radical (unpaired) electrons. The third-order valence-corrected chi connectivity index (χ3v) is 7.24. The minimum Gasteiger partial charge on any atom is -0.423 e. The number of sulfonamides is 1. The minimum atomic E-state index is -3.73. The Morgan fingerprint density at radius 1 is 1.19 bits per heavy atom. The third-order valence-electron chi connectivity index (χ3n) is 4.57. The van der Waals surface area contributed by atoms with Gasteiger partial charge in [-0.1, -0.05) is 6.07 Å². The Labute approximate surface area is 161 Å². The van der Waals surface area contributed by atoms with Crippen LogP contribution in [-0.4, -0.2) is 32.0 Å². The van der Waals surface area contributed by atoms with E-state index in [2.05, 4.69) is 0 Å². The third kappa shape index (κ3) is 3.98. The molecule has 0 unspecified atom stereocenters. The number of hydrogen-bond donors (Lipinski definition) is 0. The number of thiophene rings is 1. The molecule has 0 bridgehead atoms. The van der Waals surface area contributed by atoms with Gasteiger partial charge in [0.1, 0.15) is 5.58 Å². The highest BCUT2D eigenvalue weighted by molar-refractivity contribution is 7.89. The SMILES string of the molecule is O=c1ccc2cc(S(=O)(=O)N(Cc3cccs3)C[C@@H]3CCCO3)ccc2o1. The number of hydrogen-bond acceptors (Lipinski definition) is 6. The van der Waals surface area contributed by atoms with E-state index in [9.17, 15) is 13.2 Å². The standard InChI is InChI=1S/C19H19NO5S2/c21-19-8-5-14-11-17(6-7-18(14)25-19)27(22,23)20(12-15-3-1-9-24-15)13-16-4-2-10-26-16/h2,4-8,10-11,15H,1,3,9,12-13H2/t15-/m0/s1. The summed E-state index contributed by atoms with van der Waals surface area (Å²) in [7, 11) is -3.73. The van der Waals surface area contributed by atoms with Crippen molar-refractivity contribution in [2.24, 2.45) is 0 Å². The van der Waals surface area contributed by atoms with Crippen LogP contribution in [0.4, 0.5) is 0 Å². The van der Waals surface area contributed by atoms with Gasteiger partial charge < -0.3 is 9.15 Å². The van der Waals surface area contributed by atoms with Crippen molar-refractivity contribution in [2.45, 2.75) is 30.4 Å². The number of benzene rings is 1. The van der Waals surface area contributed by atoms with Crippen LogP contribution in [-0.2, 0) is 21.3 Å². The molecule has 0 spiro atoms. The van der Waals surface area contributed by atoms with Crippen molar-refractivity contribution in [2.75, 3.05) is 13.2 Å². The van der Waals surface area contributed by atoms with E-state index >= 15 is 0 Å². The first-order valence-corrected chi connectivity index (χ1v) is 11.0. The maximum atomic E-state index is 13.3. The first kappa shape index (κ1) is 18.4. The van der Waals surface area contributed by atoms with Crippen molar-refractivity contribution in [1.29, 1.82) is 0 Å². The lowest BCUT2D eigenvalue weighted by atomic mass is 10.2. The first-order valence-electron chi connectivity index (χ1n) is 8.70. The molecular formula is C19H19NO5S2. The zero-order valence-corrected chi connectivity index (χ0v) is 16.2. The molecule has 4 rings (SSSR count). The molecular weight excluding hydrogens is 386 g/mol. The number of fused-ring (bicyclic) bond motifs is 1. The molecule has 142 valence electrons. The molecule has 1 atom stereocenters. The molecule has 0 aliphatic carbocycles. The molecule has 6 nitrogen and oxygen atoms in total. The lowest BCUT2D eigenvalue weighted by Crippen LogP contribution is -2.36. The van der Waals surface area contributed by atoms with Crippen molar-refractivity contribution >= 4 is 32.3 Å². The first-order chi connectivity index (χ1) is 13.0. The monoisotopic (exact) mass is 405 g/mol. The maximum Gasteiger partial charge on any atom is 0.336 e. The van der Waals surface area contributed by atoms with Crippen LogP contribution in [0.25, 0.3) is 11.0 Å². The van der Waals surface area contributed by atoms with Crippen LogP contribution in [0, 0.1) is 0 Å². The molecule has 8 heteroatoms. The topological polar surface area (TPSA) is 76.8 Å². The van der Waals surface area contributed by atoms with Crippen LogP contribution < -0.4 is 5.63 Å². The molecule has 27 heavy (non-hydrogen) atoms. The van der Waals surface area contributed by atoms with Gasteiger partial charge in [0, 0.05) is 36.0 Å². The molecule has 0 saturated carbocycles. The fourth-order valence-electron chi connectivity index (χ4n) is 3.20. The zero-order valence-electron chi connectivity index (χ0n) is 14.5. The summed E-state index contributed by atoms with van der Waals surface area (Å²) in [6.45, 7) is 1.30. The molecule has 3 aromatic rings. The number of rotatable bonds is 6. The second-order valence-corrected chi connectivity index (χ2v) is 9.44. The van der Waals surface area contributed by atoms with E-state index in [4.69, 9.17) is 9.15 Å². The highest BCUT2D eigenvalue weighted by atomic mass is 32.2. The Kier molecular flexibility index (Phi) is 5.14. The van der Waals surface area contributed by atoms with Crippen LogP contribution in [0.5, 0.6) is 0 Å². The van der Waals surface area contributed by atoms with E-state index in [1.54, 1.807) is 12.1 Å². The summed E-state index contributed by atoms with van der Waals surface area (Å²) < 4.78 is 38.9. The lowest BCUT2D eigenvalue weighted by Gasteiger charge is -2.24. The molecule has 0 amide bonds. The van der Waals surface area contributed by atoms with Crippen LogP contribution >= 0.6 is 11.3 Å². The van der Waals surface area contributed by atoms with Crippen molar-refractivity contribution in [1.82, 2.24) is 4.31 Å². The Bertz CT molecular complexity index is 1080. The average molecular weight is 405 g/mol. The van der Waals surface area contributed by atoms with Crippen molar-refractivity contribution in [3.63, 3.8) is 0 Å². The van der Waals surface area contributed by atoms with Gasteiger partial charge in [-0.15, -0.1) is 11.3 Å². The van der Waals surface area contributed by atoms with E-state index in [-0.39, 0.29) is 11.0 Å². The van der Waals surface area contributed by atoms with Gasteiger partial charge in [0.15, 0.2) is 0 Å². The molecule has 1 aromatic carbocycles. The molecule has 2 aromatic heterocycles. The summed E-state index contributed by atoms with van der Waals surface area (Å²) >= 11 is 1.53. The maximum absolute atomic E-state index is 13.3. The Morgan fingerprint density at radius 3 is 2.81 bits per heavy atom. The molecule has 1 fully saturated rings. The van der Waals surface area contributed by atoms with Crippen LogP contribution in [0.2, 0.25) is 0 Å². The van der Waals surface area contributed by atoms with E-state index in [1.165, 1.54) is 33.8 Å². The summed E-state index contributed by atoms with van der Waals surface area (Å²) in [6, 6.07) is 11.3. The summed E-state index contributed by atoms with van der Waals surface area (Å²) in [4.78, 5) is 12.5. The largest absolute Gasteiger partial charge is 0.423 e. The van der Waals surface area contributed by atoms with Gasteiger partial charge >= 0.3 is 5.63 Å². The van der Waals surface area contributed by atoms with E-state index in [0.717, 1.165) is 17.7 Å². The van der Waals surface area contributed by atoms with Crippen molar-refractivity contribution < 1.29 is 17.6 Å². The summed E-state index contributed by atoms with van der Waals surface area (Å²) in [5.74, 6) is 0. The van der Waals surface area contributed by atoms with Gasteiger partial charge in [-0.3, -0.25) is 0 Å². The van der Waals surface area contributed by atoms with Crippen molar-refractivity contribution in [3.05, 3.63) is 63.1 Å². The Balaban J connectivity index is 1.69. The summed E-state index contributed by atoms with van der Waals surface area (Å²) in [5, 5.41) is 2.51. The molecule has 1 saturated heterocycles. The summed E-state index contributed by atoms with van der Waals surface area (Å²) in [5.41, 5.74) is -0.0961. The second-order valence-electron chi connectivity index (χ2n) is 6.47. The molecule has 1 aliphatic heterocycles. The Hall–Kier alpha value is -2.00. The van der Waals surface area contributed by atoms with E-state index in [1.807, 2.05) is 17.5 Å². The highest BCUT2D eigenvalue weighted by Gasteiger charge is 2.29. The van der Waals surface area contributed by atoms with Gasteiger partial charge in [-0.05, 0) is 48.6 Å². The van der Waals surface area contributed by atoms with E-state index < -0.39 is 15.6 Å². The normalized spacial score (nSPS) is 17.7. The quantitative estimate of drug-likeness (QED) is 0.589. The summed E-state index contributed by atoms with van der Waals surface area (Å²) in [6.07, 6.45) is 1.73. The average Bonchev–Trinajstić information content (AvgIpc) is 3.34. The molecule has 1 aliphatic rings. The molecule has 3 heterocycles. The second kappa shape index (κ2) is 7.55. The highest BCUT2D eigenvalue weighted by Crippen LogP contribution is 2.25. The van der Waals surface area contributed by atoms with Gasteiger partial charge in [0.25, 0.3) is 0 Å². The predicted octanol–water partition coefficient (Wildman–Crippen LogP) is 3.22. The lowest BCUT2D eigenvalue weighted by molar-refractivity contribution is 0.0927. The smallest absolute Gasteiger partial charge is 0.336 e. The zero-order chi connectivity index (χ0) is 18.9. The van der Waals surface area contributed by atoms with Gasteiger partial charge in [-0.2, -0.15) is 4.31 Å². The van der Waals surface area contributed by atoms with Crippen LogP contribution in [0.3, 0.4) is 0 Å². The van der Waals surface area contributed by atoms with Gasteiger partial charge in [0.05, 0.1) is 11.0 Å². The van der Waals surface area contributed by atoms with Crippen molar-refractivity contribution in [3.8, 4) is 0 Å². The Morgan fingerprint density at radius 2 is 2.07 bits per heavy atom. The molecule has 0 N–H and O–H groups in total. The van der Waals surface area contributed by atoms with Gasteiger partial charge in [-0.25, -0.2) is 13.2 Å². The number of ether oxygens (including phenoxy) is 1. The van der Waals surface area contributed by atoms with Crippen LogP contribution in [0.15, 0.2) is 62.0 Å².